The monoisotopic (exact) mass is 287 g/mol. The zero-order valence-corrected chi connectivity index (χ0v) is 12.4. The van der Waals surface area contributed by atoms with Gasteiger partial charge in [0.15, 0.2) is 0 Å². The van der Waals surface area contributed by atoms with Gasteiger partial charge in [-0.25, -0.2) is 4.98 Å². The summed E-state index contributed by atoms with van der Waals surface area (Å²) in [5, 5.41) is 2.81. The Labute approximate surface area is 121 Å². The fourth-order valence-electron chi connectivity index (χ4n) is 2.40. The SMILES string of the molecule is CCCn1c(-c2ccsc2N)nc2cc(OC)ccc21. The Kier molecular flexibility index (Phi) is 3.36. The molecule has 0 bridgehead atoms. The van der Waals surface area contributed by atoms with Crippen LogP contribution in [0, 0.1) is 0 Å². The molecule has 3 aromatic rings. The average molecular weight is 287 g/mol. The number of hydrogen-bond donors (Lipinski definition) is 1. The Morgan fingerprint density at radius 1 is 1.35 bits per heavy atom. The maximum absolute atomic E-state index is 6.06. The number of anilines is 1. The maximum atomic E-state index is 6.06. The van der Waals surface area contributed by atoms with Gasteiger partial charge in [-0.15, -0.1) is 11.3 Å². The summed E-state index contributed by atoms with van der Waals surface area (Å²) < 4.78 is 7.50. The van der Waals surface area contributed by atoms with Gasteiger partial charge in [0.1, 0.15) is 11.6 Å². The Bertz CT molecular complexity index is 745. The number of fused-ring (bicyclic) bond motifs is 1. The van der Waals surface area contributed by atoms with Gasteiger partial charge in [0.25, 0.3) is 0 Å². The van der Waals surface area contributed by atoms with Gasteiger partial charge in [-0.2, -0.15) is 0 Å². The first kappa shape index (κ1) is 13.0. The molecule has 0 unspecified atom stereocenters. The van der Waals surface area contributed by atoms with E-state index >= 15 is 0 Å². The first-order chi connectivity index (χ1) is 9.74. The molecular weight excluding hydrogens is 270 g/mol. The number of ether oxygens (including phenoxy) is 1. The Hall–Kier alpha value is -2.01. The maximum Gasteiger partial charge on any atom is 0.144 e. The van der Waals surface area contributed by atoms with Crippen molar-refractivity contribution in [3.8, 4) is 17.1 Å². The highest BCUT2D eigenvalue weighted by atomic mass is 32.1. The van der Waals surface area contributed by atoms with Gasteiger partial charge in [0.05, 0.1) is 28.7 Å². The summed E-state index contributed by atoms with van der Waals surface area (Å²) in [6.07, 6.45) is 1.05. The topological polar surface area (TPSA) is 53.1 Å². The molecule has 104 valence electrons. The van der Waals surface area contributed by atoms with Gasteiger partial charge in [-0.3, -0.25) is 0 Å². The third-order valence-electron chi connectivity index (χ3n) is 3.34. The molecule has 4 nitrogen and oxygen atoms in total. The number of imidazole rings is 1. The van der Waals surface area contributed by atoms with E-state index in [9.17, 15) is 0 Å². The van der Waals surface area contributed by atoms with E-state index in [0.29, 0.717) is 0 Å². The van der Waals surface area contributed by atoms with E-state index in [1.165, 1.54) is 0 Å². The highest BCUT2D eigenvalue weighted by Crippen LogP contribution is 2.33. The van der Waals surface area contributed by atoms with Crippen LogP contribution in [-0.2, 0) is 6.54 Å². The van der Waals surface area contributed by atoms with Crippen LogP contribution < -0.4 is 10.5 Å². The van der Waals surface area contributed by atoms with E-state index in [1.807, 2.05) is 23.6 Å². The highest BCUT2D eigenvalue weighted by molar-refractivity contribution is 7.14. The molecule has 2 N–H and O–H groups in total. The normalized spacial score (nSPS) is 11.1. The van der Waals surface area contributed by atoms with Crippen LogP contribution in [0.25, 0.3) is 22.4 Å². The largest absolute Gasteiger partial charge is 0.497 e. The summed E-state index contributed by atoms with van der Waals surface area (Å²) in [4.78, 5) is 4.75. The number of nitrogens with two attached hydrogens (primary N) is 1. The number of methoxy groups -OCH3 is 1. The minimum Gasteiger partial charge on any atom is -0.497 e. The number of nitrogen functional groups attached to an aromatic ring is 1. The molecule has 20 heavy (non-hydrogen) atoms. The average Bonchev–Trinajstić information content (AvgIpc) is 3.02. The molecule has 2 heterocycles. The second kappa shape index (κ2) is 5.17. The molecule has 0 amide bonds. The minimum absolute atomic E-state index is 0.810. The van der Waals surface area contributed by atoms with E-state index in [1.54, 1.807) is 18.4 Å². The van der Waals surface area contributed by atoms with Crippen LogP contribution in [0.3, 0.4) is 0 Å². The zero-order valence-electron chi connectivity index (χ0n) is 11.6. The van der Waals surface area contributed by atoms with Crippen LogP contribution in [-0.4, -0.2) is 16.7 Å². The first-order valence-electron chi connectivity index (χ1n) is 6.62. The van der Waals surface area contributed by atoms with Crippen molar-refractivity contribution in [3.63, 3.8) is 0 Å². The molecule has 0 aliphatic carbocycles. The van der Waals surface area contributed by atoms with Gasteiger partial charge >= 0.3 is 0 Å². The molecule has 0 saturated carbocycles. The fraction of sp³-hybridized carbons (Fsp3) is 0.267. The van der Waals surface area contributed by atoms with Crippen LogP contribution in [0.1, 0.15) is 13.3 Å². The third-order valence-corrected chi connectivity index (χ3v) is 4.08. The van der Waals surface area contributed by atoms with E-state index in [2.05, 4.69) is 17.6 Å². The summed E-state index contributed by atoms with van der Waals surface area (Å²) in [5.74, 6) is 1.76. The Morgan fingerprint density at radius 3 is 2.85 bits per heavy atom. The van der Waals surface area contributed by atoms with E-state index < -0.39 is 0 Å². The second-order valence-electron chi connectivity index (χ2n) is 4.64. The van der Waals surface area contributed by atoms with Crippen LogP contribution in [0.2, 0.25) is 0 Å². The minimum atomic E-state index is 0.810. The first-order valence-corrected chi connectivity index (χ1v) is 7.50. The highest BCUT2D eigenvalue weighted by Gasteiger charge is 2.15. The van der Waals surface area contributed by atoms with Gasteiger partial charge in [-0.05, 0) is 30.0 Å². The predicted molar refractivity (Wildman–Crippen MR) is 84.3 cm³/mol. The summed E-state index contributed by atoms with van der Waals surface area (Å²) in [6.45, 7) is 3.09. The molecule has 0 radical (unpaired) electrons. The van der Waals surface area contributed by atoms with Gasteiger partial charge < -0.3 is 15.0 Å². The molecular formula is C15H17N3OS. The van der Waals surface area contributed by atoms with Crippen molar-refractivity contribution in [1.82, 2.24) is 9.55 Å². The number of rotatable bonds is 4. The summed E-state index contributed by atoms with van der Waals surface area (Å²) >= 11 is 1.54. The molecule has 0 saturated heterocycles. The number of benzene rings is 1. The van der Waals surface area contributed by atoms with Crippen molar-refractivity contribution >= 4 is 27.4 Å². The van der Waals surface area contributed by atoms with Crippen molar-refractivity contribution in [2.75, 3.05) is 12.8 Å². The van der Waals surface area contributed by atoms with Gasteiger partial charge in [0, 0.05) is 12.6 Å². The molecule has 0 atom stereocenters. The summed E-state index contributed by atoms with van der Waals surface area (Å²) in [7, 11) is 1.67. The molecule has 2 aromatic heterocycles. The summed E-state index contributed by atoms with van der Waals surface area (Å²) in [5.41, 5.74) is 9.13. The quantitative estimate of drug-likeness (QED) is 0.794. The molecule has 5 heteroatoms. The summed E-state index contributed by atoms with van der Waals surface area (Å²) in [6, 6.07) is 8.03. The van der Waals surface area contributed by atoms with Crippen LogP contribution in [0.4, 0.5) is 5.00 Å². The molecule has 0 aliphatic heterocycles. The van der Waals surface area contributed by atoms with E-state index in [-0.39, 0.29) is 0 Å². The lowest BCUT2D eigenvalue weighted by Crippen LogP contribution is -2.00. The number of aryl methyl sites for hydroxylation is 1. The van der Waals surface area contributed by atoms with Crippen LogP contribution in [0.15, 0.2) is 29.6 Å². The van der Waals surface area contributed by atoms with Crippen molar-refractivity contribution in [2.45, 2.75) is 19.9 Å². The molecule has 0 fully saturated rings. The van der Waals surface area contributed by atoms with Crippen LogP contribution in [0.5, 0.6) is 5.75 Å². The smallest absolute Gasteiger partial charge is 0.144 e. The van der Waals surface area contributed by atoms with E-state index in [0.717, 1.165) is 46.1 Å². The Balaban J connectivity index is 2.25. The lowest BCUT2D eigenvalue weighted by Gasteiger charge is -2.07. The van der Waals surface area contributed by atoms with E-state index in [4.69, 9.17) is 15.5 Å². The van der Waals surface area contributed by atoms with Gasteiger partial charge in [0.2, 0.25) is 0 Å². The zero-order chi connectivity index (χ0) is 14.1. The van der Waals surface area contributed by atoms with Crippen molar-refractivity contribution in [3.05, 3.63) is 29.6 Å². The standard InChI is InChI=1S/C15H17N3OS/c1-3-7-18-13-5-4-10(19-2)9-12(13)17-15(18)11-6-8-20-14(11)16/h4-6,8-9H,3,7,16H2,1-2H3. The van der Waals surface area contributed by atoms with Gasteiger partial charge in [-0.1, -0.05) is 6.92 Å². The Morgan fingerprint density at radius 2 is 2.20 bits per heavy atom. The lowest BCUT2D eigenvalue weighted by atomic mass is 10.3. The molecule has 0 aliphatic rings. The van der Waals surface area contributed by atoms with Crippen molar-refractivity contribution in [1.29, 1.82) is 0 Å². The third kappa shape index (κ3) is 2.04. The molecule has 1 aromatic carbocycles. The van der Waals surface area contributed by atoms with Crippen molar-refractivity contribution in [2.24, 2.45) is 0 Å². The number of aromatic nitrogens is 2. The number of thiophene rings is 1. The number of nitrogens with zero attached hydrogens (tertiary/aromatic N) is 2. The number of hydrogen-bond acceptors (Lipinski definition) is 4. The molecule has 3 rings (SSSR count). The van der Waals surface area contributed by atoms with Crippen molar-refractivity contribution < 1.29 is 4.74 Å². The second-order valence-corrected chi connectivity index (χ2v) is 5.59. The van der Waals surface area contributed by atoms with Crippen LogP contribution >= 0.6 is 11.3 Å². The molecule has 0 spiro atoms. The lowest BCUT2D eigenvalue weighted by molar-refractivity contribution is 0.415. The predicted octanol–water partition coefficient (Wildman–Crippen LogP) is 3.77. The fourth-order valence-corrected chi connectivity index (χ4v) is 3.03.